The highest BCUT2D eigenvalue weighted by Crippen LogP contribution is 2.19. The van der Waals surface area contributed by atoms with Crippen LogP contribution in [0.15, 0.2) is 41.3 Å². The number of aliphatic carboxylic acids is 1. The first kappa shape index (κ1) is 17.0. The van der Waals surface area contributed by atoms with Crippen molar-refractivity contribution in [3.05, 3.63) is 47.8 Å². The van der Waals surface area contributed by atoms with Crippen molar-refractivity contribution < 1.29 is 9.90 Å². The third-order valence-corrected chi connectivity index (χ3v) is 5.15. The predicted molar refractivity (Wildman–Crippen MR) is 95.2 cm³/mol. The monoisotopic (exact) mass is 345 g/mol. The fourth-order valence-corrected chi connectivity index (χ4v) is 3.88. The minimum absolute atomic E-state index is 0.147. The number of benzene rings is 1. The van der Waals surface area contributed by atoms with Gasteiger partial charge in [0.25, 0.3) is 0 Å². The zero-order valence-corrected chi connectivity index (χ0v) is 14.5. The third kappa shape index (κ3) is 4.85. The maximum atomic E-state index is 10.7. The molecule has 1 N–H and O–H groups in total. The van der Waals surface area contributed by atoms with E-state index in [9.17, 15) is 4.79 Å². The zero-order chi connectivity index (χ0) is 16.8. The number of hydrogen-bond acceptors (Lipinski definition) is 4. The standard InChI is InChI=1S/C18H23N3O2S/c22-18(23)8-7-15-13-16-14-20(9-4-10-21(16)19-15)11-12-24-17-5-2-1-3-6-17/h1-3,5-6,13H,4,7-12,14H2,(H,22,23). The molecule has 3 rings (SSSR count). The Morgan fingerprint density at radius 2 is 2.08 bits per heavy atom. The molecule has 0 amide bonds. The van der Waals surface area contributed by atoms with Gasteiger partial charge >= 0.3 is 5.97 Å². The Balaban J connectivity index is 1.53. The number of rotatable bonds is 7. The second-order valence-electron chi connectivity index (χ2n) is 6.04. The van der Waals surface area contributed by atoms with Crippen molar-refractivity contribution in [2.45, 2.75) is 37.2 Å². The summed E-state index contributed by atoms with van der Waals surface area (Å²) in [5, 5.41) is 13.4. The SMILES string of the molecule is O=C(O)CCc1cc2n(n1)CCCN(CCSc1ccccc1)C2. The van der Waals surface area contributed by atoms with Crippen LogP contribution in [-0.4, -0.2) is 44.6 Å². The van der Waals surface area contributed by atoms with Crippen molar-refractivity contribution in [3.63, 3.8) is 0 Å². The Bertz CT molecular complexity index is 672. The molecule has 1 aromatic carbocycles. The first-order chi connectivity index (χ1) is 11.7. The van der Waals surface area contributed by atoms with E-state index < -0.39 is 5.97 Å². The quantitative estimate of drug-likeness (QED) is 0.782. The first-order valence-corrected chi connectivity index (χ1v) is 9.37. The van der Waals surface area contributed by atoms with Crippen LogP contribution in [0.4, 0.5) is 0 Å². The van der Waals surface area contributed by atoms with E-state index in [0.29, 0.717) is 6.42 Å². The summed E-state index contributed by atoms with van der Waals surface area (Å²) in [6, 6.07) is 12.6. The van der Waals surface area contributed by atoms with Gasteiger partial charge in [-0.15, -0.1) is 11.8 Å². The average Bonchev–Trinajstić information content (AvgIpc) is 2.86. The van der Waals surface area contributed by atoms with Gasteiger partial charge in [-0.25, -0.2) is 0 Å². The first-order valence-electron chi connectivity index (χ1n) is 8.38. The van der Waals surface area contributed by atoms with E-state index in [2.05, 4.69) is 45.0 Å². The lowest BCUT2D eigenvalue weighted by molar-refractivity contribution is -0.136. The van der Waals surface area contributed by atoms with Crippen molar-refractivity contribution in [1.29, 1.82) is 0 Å². The smallest absolute Gasteiger partial charge is 0.303 e. The number of hydrogen-bond donors (Lipinski definition) is 1. The molecular formula is C18H23N3O2S. The van der Waals surface area contributed by atoms with Crippen LogP contribution in [0, 0.1) is 0 Å². The number of fused-ring (bicyclic) bond motifs is 1. The molecule has 0 atom stereocenters. The molecule has 6 heteroatoms. The van der Waals surface area contributed by atoms with Gasteiger partial charge in [0.15, 0.2) is 0 Å². The second-order valence-corrected chi connectivity index (χ2v) is 7.20. The molecule has 1 aromatic heterocycles. The van der Waals surface area contributed by atoms with Crippen molar-refractivity contribution >= 4 is 17.7 Å². The van der Waals surface area contributed by atoms with Gasteiger partial charge in [-0.1, -0.05) is 18.2 Å². The van der Waals surface area contributed by atoms with E-state index in [4.69, 9.17) is 5.11 Å². The van der Waals surface area contributed by atoms with E-state index >= 15 is 0 Å². The highest BCUT2D eigenvalue weighted by Gasteiger charge is 2.16. The summed E-state index contributed by atoms with van der Waals surface area (Å²) in [5.74, 6) is 0.307. The number of thioether (sulfide) groups is 1. The maximum absolute atomic E-state index is 10.7. The molecule has 0 fully saturated rings. The Morgan fingerprint density at radius 3 is 2.88 bits per heavy atom. The van der Waals surface area contributed by atoms with Gasteiger partial charge in [0.1, 0.15) is 0 Å². The van der Waals surface area contributed by atoms with Gasteiger partial charge in [-0.3, -0.25) is 14.4 Å². The summed E-state index contributed by atoms with van der Waals surface area (Å²) in [6.45, 7) is 3.96. The molecule has 5 nitrogen and oxygen atoms in total. The lowest BCUT2D eigenvalue weighted by Gasteiger charge is -2.19. The van der Waals surface area contributed by atoms with Gasteiger partial charge in [0.05, 0.1) is 17.8 Å². The molecule has 24 heavy (non-hydrogen) atoms. The Labute approximate surface area is 146 Å². The molecule has 1 aliphatic rings. The molecular weight excluding hydrogens is 322 g/mol. The Kier molecular flexibility index (Phi) is 5.93. The molecule has 1 aliphatic heterocycles. The van der Waals surface area contributed by atoms with Crippen LogP contribution in [0.5, 0.6) is 0 Å². The summed E-state index contributed by atoms with van der Waals surface area (Å²) in [4.78, 5) is 14.5. The van der Waals surface area contributed by atoms with Crippen LogP contribution in [0.2, 0.25) is 0 Å². The topological polar surface area (TPSA) is 58.4 Å². The third-order valence-electron chi connectivity index (χ3n) is 4.16. The normalized spacial score (nSPS) is 15.0. The van der Waals surface area contributed by atoms with E-state index in [-0.39, 0.29) is 6.42 Å². The molecule has 0 spiro atoms. The molecule has 2 heterocycles. The van der Waals surface area contributed by atoms with Crippen molar-refractivity contribution in [1.82, 2.24) is 14.7 Å². The summed E-state index contributed by atoms with van der Waals surface area (Å²) >= 11 is 1.89. The molecule has 0 saturated carbocycles. The van der Waals surface area contributed by atoms with Crippen LogP contribution in [-0.2, 0) is 24.3 Å². The number of aromatic nitrogens is 2. The number of carbonyl (C=O) groups is 1. The maximum Gasteiger partial charge on any atom is 0.303 e. The predicted octanol–water partition coefficient (Wildman–Crippen LogP) is 2.90. The van der Waals surface area contributed by atoms with Gasteiger partial charge in [0, 0.05) is 43.2 Å². The molecule has 0 unspecified atom stereocenters. The van der Waals surface area contributed by atoms with Gasteiger partial charge in [-0.2, -0.15) is 5.10 Å². The fourth-order valence-electron chi connectivity index (χ4n) is 2.95. The summed E-state index contributed by atoms with van der Waals surface area (Å²) in [7, 11) is 0. The Hall–Kier alpha value is -1.79. The van der Waals surface area contributed by atoms with Gasteiger partial charge in [-0.05, 0) is 24.6 Å². The lowest BCUT2D eigenvalue weighted by Crippen LogP contribution is -2.25. The molecule has 0 aliphatic carbocycles. The number of nitrogens with zero attached hydrogens (tertiary/aromatic N) is 3. The van der Waals surface area contributed by atoms with E-state index in [1.165, 1.54) is 10.6 Å². The van der Waals surface area contributed by atoms with E-state index in [1.807, 2.05) is 17.8 Å². The van der Waals surface area contributed by atoms with Crippen LogP contribution in [0.3, 0.4) is 0 Å². The minimum atomic E-state index is -0.766. The molecule has 0 radical (unpaired) electrons. The van der Waals surface area contributed by atoms with Crippen LogP contribution >= 0.6 is 11.8 Å². The number of aryl methyl sites for hydroxylation is 2. The molecule has 128 valence electrons. The summed E-state index contributed by atoms with van der Waals surface area (Å²) in [6.07, 6.45) is 1.75. The zero-order valence-electron chi connectivity index (χ0n) is 13.7. The average molecular weight is 345 g/mol. The number of carboxylic acids is 1. The van der Waals surface area contributed by atoms with Crippen LogP contribution in [0.25, 0.3) is 0 Å². The lowest BCUT2D eigenvalue weighted by atomic mass is 10.2. The highest BCUT2D eigenvalue weighted by atomic mass is 32.2. The molecule has 2 aromatic rings. The van der Waals surface area contributed by atoms with Crippen LogP contribution in [0.1, 0.15) is 24.2 Å². The highest BCUT2D eigenvalue weighted by molar-refractivity contribution is 7.99. The Morgan fingerprint density at radius 1 is 1.25 bits per heavy atom. The van der Waals surface area contributed by atoms with Gasteiger partial charge in [0.2, 0.25) is 0 Å². The number of carboxylic acid groups (broad SMARTS) is 1. The molecule has 0 saturated heterocycles. The fraction of sp³-hybridized carbons (Fsp3) is 0.444. The largest absolute Gasteiger partial charge is 0.481 e. The second kappa shape index (κ2) is 8.35. The minimum Gasteiger partial charge on any atom is -0.481 e. The van der Waals surface area contributed by atoms with Crippen LogP contribution < -0.4 is 0 Å². The van der Waals surface area contributed by atoms with Crippen molar-refractivity contribution in [2.24, 2.45) is 0 Å². The molecule has 0 bridgehead atoms. The van der Waals surface area contributed by atoms with E-state index in [1.54, 1.807) is 0 Å². The van der Waals surface area contributed by atoms with Crippen molar-refractivity contribution in [2.75, 3.05) is 18.8 Å². The summed E-state index contributed by atoms with van der Waals surface area (Å²) < 4.78 is 2.06. The van der Waals surface area contributed by atoms with Gasteiger partial charge < -0.3 is 5.11 Å². The summed E-state index contributed by atoms with van der Waals surface area (Å²) in [5.41, 5.74) is 2.10. The van der Waals surface area contributed by atoms with E-state index in [0.717, 1.165) is 44.0 Å². The van der Waals surface area contributed by atoms with Crippen molar-refractivity contribution in [3.8, 4) is 0 Å².